The van der Waals surface area contributed by atoms with Gasteiger partial charge in [-0.05, 0) is 58.7 Å². The molecule has 1 heterocycles. The van der Waals surface area contributed by atoms with Crippen molar-refractivity contribution in [2.75, 3.05) is 0 Å². The molecule has 1 aliphatic carbocycles. The van der Waals surface area contributed by atoms with Crippen molar-refractivity contribution in [3.05, 3.63) is 28.5 Å². The van der Waals surface area contributed by atoms with E-state index in [-0.39, 0.29) is 0 Å². The first-order valence-corrected chi connectivity index (χ1v) is 6.54. The zero-order valence-electron chi connectivity index (χ0n) is 8.84. The van der Waals surface area contributed by atoms with Crippen molar-refractivity contribution >= 4 is 27.5 Å². The topological polar surface area (TPSA) is 12.9 Å². The molecule has 0 radical (unpaired) electrons. The van der Waals surface area contributed by atoms with Gasteiger partial charge >= 0.3 is 0 Å². The van der Waals surface area contributed by atoms with Crippen molar-refractivity contribution < 1.29 is 0 Å². The van der Waals surface area contributed by atoms with E-state index in [0.29, 0.717) is 10.8 Å². The van der Waals surface area contributed by atoms with Gasteiger partial charge in [0.15, 0.2) is 0 Å². The zero-order valence-corrected chi connectivity index (χ0v) is 11.2. The molecule has 0 saturated heterocycles. The molecule has 0 aliphatic heterocycles. The molecule has 15 heavy (non-hydrogen) atoms. The van der Waals surface area contributed by atoms with E-state index in [9.17, 15) is 0 Å². The van der Waals surface area contributed by atoms with E-state index in [0.717, 1.165) is 23.7 Å². The Hall–Kier alpha value is -0.0800. The van der Waals surface area contributed by atoms with Crippen molar-refractivity contribution in [3.8, 4) is 0 Å². The number of hydrogen-bond acceptors (Lipinski definition) is 1. The average molecular weight is 289 g/mol. The lowest BCUT2D eigenvalue weighted by Crippen LogP contribution is -2.15. The first-order chi connectivity index (χ1) is 7.07. The molecule has 0 amide bonds. The van der Waals surface area contributed by atoms with Gasteiger partial charge in [-0.2, -0.15) is 0 Å². The second-order valence-electron chi connectivity index (χ2n) is 4.84. The highest BCUT2D eigenvalue weighted by Crippen LogP contribution is 2.42. The Labute approximate surface area is 104 Å². The summed E-state index contributed by atoms with van der Waals surface area (Å²) in [6.45, 7) is 2.33. The smallest absolute Gasteiger partial charge is 0.0410 e. The van der Waals surface area contributed by atoms with Gasteiger partial charge in [-0.3, -0.25) is 4.98 Å². The summed E-state index contributed by atoms with van der Waals surface area (Å²) in [6, 6.07) is 2.15. The monoisotopic (exact) mass is 287 g/mol. The summed E-state index contributed by atoms with van der Waals surface area (Å²) in [7, 11) is 0. The minimum Gasteiger partial charge on any atom is -0.263 e. The first kappa shape index (κ1) is 11.4. The molecule has 1 fully saturated rings. The Kier molecular flexibility index (Phi) is 3.36. The molecule has 1 nitrogen and oxygen atoms in total. The van der Waals surface area contributed by atoms with Crippen LogP contribution in [0.3, 0.4) is 0 Å². The molecular formula is C12H15BrClN. The van der Waals surface area contributed by atoms with Crippen LogP contribution < -0.4 is 0 Å². The van der Waals surface area contributed by atoms with Gasteiger partial charge in [0.1, 0.15) is 0 Å². The minimum atomic E-state index is 0.370. The Morgan fingerprint density at radius 1 is 1.60 bits per heavy atom. The number of hydrogen-bond donors (Lipinski definition) is 0. The van der Waals surface area contributed by atoms with E-state index in [1.165, 1.54) is 12.0 Å². The standard InChI is InChI=1S/C12H15BrClN/c1-12(3-2-11(14)6-12)5-9-4-10(13)8-15-7-9/h4,7-8,11H,2-3,5-6H2,1H3. The minimum absolute atomic E-state index is 0.370. The Morgan fingerprint density at radius 3 is 3.00 bits per heavy atom. The molecule has 1 saturated carbocycles. The lowest BCUT2D eigenvalue weighted by Gasteiger charge is -2.23. The number of alkyl halides is 1. The van der Waals surface area contributed by atoms with Crippen LogP contribution in [0, 0.1) is 5.41 Å². The maximum absolute atomic E-state index is 6.17. The van der Waals surface area contributed by atoms with E-state index in [4.69, 9.17) is 11.6 Å². The fourth-order valence-corrected chi connectivity index (χ4v) is 3.34. The number of halogens is 2. The van der Waals surface area contributed by atoms with Crippen LogP contribution in [-0.4, -0.2) is 10.4 Å². The van der Waals surface area contributed by atoms with Crippen molar-refractivity contribution in [3.63, 3.8) is 0 Å². The van der Waals surface area contributed by atoms with Gasteiger partial charge in [-0.25, -0.2) is 0 Å². The van der Waals surface area contributed by atoms with E-state index in [2.05, 4.69) is 33.9 Å². The summed E-state index contributed by atoms with van der Waals surface area (Å²) >= 11 is 9.62. The van der Waals surface area contributed by atoms with Gasteiger partial charge in [0.05, 0.1) is 0 Å². The fraction of sp³-hybridized carbons (Fsp3) is 0.583. The molecule has 1 aromatic heterocycles. The van der Waals surface area contributed by atoms with Crippen molar-refractivity contribution in [2.45, 2.75) is 38.0 Å². The van der Waals surface area contributed by atoms with Gasteiger partial charge < -0.3 is 0 Å². The van der Waals surface area contributed by atoms with E-state index >= 15 is 0 Å². The molecule has 0 spiro atoms. The van der Waals surface area contributed by atoms with Gasteiger partial charge in [0.25, 0.3) is 0 Å². The SMILES string of the molecule is CC1(Cc2cncc(Br)c2)CCC(Cl)C1. The maximum atomic E-state index is 6.17. The number of pyridine rings is 1. The number of nitrogens with zero attached hydrogens (tertiary/aromatic N) is 1. The Balaban J connectivity index is 2.08. The zero-order chi connectivity index (χ0) is 10.9. The predicted molar refractivity (Wildman–Crippen MR) is 67.2 cm³/mol. The third kappa shape index (κ3) is 2.94. The highest BCUT2D eigenvalue weighted by atomic mass is 79.9. The third-order valence-corrected chi connectivity index (χ3v) is 3.97. The average Bonchev–Trinajstić information content (AvgIpc) is 2.45. The molecule has 1 aromatic rings. The van der Waals surface area contributed by atoms with E-state index in [1.807, 2.05) is 12.4 Å². The van der Waals surface area contributed by atoms with Crippen LogP contribution in [0.25, 0.3) is 0 Å². The molecule has 82 valence electrons. The fourth-order valence-electron chi connectivity index (χ4n) is 2.45. The van der Waals surface area contributed by atoms with Crippen LogP contribution in [0.4, 0.5) is 0 Å². The van der Waals surface area contributed by atoms with Crippen molar-refractivity contribution in [1.82, 2.24) is 4.98 Å². The van der Waals surface area contributed by atoms with Crippen molar-refractivity contribution in [2.24, 2.45) is 5.41 Å². The van der Waals surface area contributed by atoms with Gasteiger partial charge in [-0.15, -0.1) is 11.6 Å². The summed E-state index contributed by atoms with van der Waals surface area (Å²) < 4.78 is 1.06. The molecule has 0 bridgehead atoms. The highest BCUT2D eigenvalue weighted by Gasteiger charge is 2.34. The third-order valence-electron chi connectivity index (χ3n) is 3.17. The number of rotatable bonds is 2. The van der Waals surface area contributed by atoms with E-state index < -0.39 is 0 Å². The predicted octanol–water partition coefficient (Wildman–Crippen LogP) is 4.18. The van der Waals surface area contributed by atoms with Crippen LogP contribution in [0.15, 0.2) is 22.9 Å². The molecule has 2 rings (SSSR count). The highest BCUT2D eigenvalue weighted by molar-refractivity contribution is 9.10. The second kappa shape index (κ2) is 4.42. The summed E-state index contributed by atoms with van der Waals surface area (Å²) in [4.78, 5) is 4.20. The van der Waals surface area contributed by atoms with Crippen LogP contribution in [0.1, 0.15) is 31.7 Å². The normalized spacial score (nSPS) is 30.7. The second-order valence-corrected chi connectivity index (χ2v) is 6.37. The molecule has 1 aliphatic rings. The largest absolute Gasteiger partial charge is 0.263 e. The molecule has 3 heteroatoms. The van der Waals surface area contributed by atoms with Gasteiger partial charge in [-0.1, -0.05) is 6.92 Å². The molecule has 0 N–H and O–H groups in total. The lowest BCUT2D eigenvalue weighted by atomic mass is 9.83. The van der Waals surface area contributed by atoms with Crippen LogP contribution in [0.2, 0.25) is 0 Å². The maximum Gasteiger partial charge on any atom is 0.0410 e. The summed E-state index contributed by atoms with van der Waals surface area (Å²) in [5, 5.41) is 0.370. The van der Waals surface area contributed by atoms with Gasteiger partial charge in [0.2, 0.25) is 0 Å². The molecule has 2 atom stereocenters. The summed E-state index contributed by atoms with van der Waals surface area (Å²) in [5.41, 5.74) is 1.67. The first-order valence-electron chi connectivity index (χ1n) is 5.31. The molecule has 2 unspecified atom stereocenters. The molecule has 0 aromatic carbocycles. The van der Waals surface area contributed by atoms with Crippen LogP contribution in [0.5, 0.6) is 0 Å². The van der Waals surface area contributed by atoms with Gasteiger partial charge in [0, 0.05) is 22.2 Å². The summed E-state index contributed by atoms with van der Waals surface area (Å²) in [6.07, 6.45) is 8.37. The van der Waals surface area contributed by atoms with Crippen LogP contribution in [-0.2, 0) is 6.42 Å². The van der Waals surface area contributed by atoms with Crippen LogP contribution >= 0.6 is 27.5 Å². The van der Waals surface area contributed by atoms with E-state index in [1.54, 1.807) is 0 Å². The molecular weight excluding hydrogens is 273 g/mol. The Bertz CT molecular complexity index is 355. The summed E-state index contributed by atoms with van der Waals surface area (Å²) in [5.74, 6) is 0. The quantitative estimate of drug-likeness (QED) is 0.744. The van der Waals surface area contributed by atoms with Crippen molar-refractivity contribution in [1.29, 1.82) is 0 Å². The lowest BCUT2D eigenvalue weighted by molar-refractivity contribution is 0.335. The number of aromatic nitrogens is 1. The Morgan fingerprint density at radius 2 is 2.40 bits per heavy atom.